The molecule has 0 unspecified atom stereocenters. The Morgan fingerprint density at radius 3 is 2.36 bits per heavy atom. The SMILES string of the molecule is Cc1ccc(OCC(=O)Nc2cccc(NC(=O)CC#N)c2)c(C)c1. The number of hydrogen-bond acceptors (Lipinski definition) is 4. The molecule has 2 aromatic carbocycles. The van der Waals surface area contributed by atoms with Crippen molar-refractivity contribution in [1.82, 2.24) is 0 Å². The highest BCUT2D eigenvalue weighted by atomic mass is 16.5. The molecule has 25 heavy (non-hydrogen) atoms. The van der Waals surface area contributed by atoms with E-state index in [1.807, 2.05) is 32.0 Å². The van der Waals surface area contributed by atoms with Crippen LogP contribution in [0.25, 0.3) is 0 Å². The van der Waals surface area contributed by atoms with E-state index < -0.39 is 5.91 Å². The number of carbonyl (C=O) groups excluding carboxylic acids is 2. The third-order valence-corrected chi connectivity index (χ3v) is 3.36. The molecule has 0 atom stereocenters. The topological polar surface area (TPSA) is 91.2 Å². The molecular weight excluding hydrogens is 318 g/mol. The summed E-state index contributed by atoms with van der Waals surface area (Å²) < 4.78 is 5.53. The molecule has 2 rings (SSSR count). The van der Waals surface area contributed by atoms with Crippen LogP contribution in [0, 0.1) is 25.2 Å². The van der Waals surface area contributed by atoms with Crippen molar-refractivity contribution in [2.45, 2.75) is 20.3 Å². The first-order valence-corrected chi connectivity index (χ1v) is 7.74. The third kappa shape index (κ3) is 5.66. The summed E-state index contributed by atoms with van der Waals surface area (Å²) in [6.45, 7) is 3.80. The summed E-state index contributed by atoms with van der Waals surface area (Å²) in [5.41, 5.74) is 3.14. The summed E-state index contributed by atoms with van der Waals surface area (Å²) in [5.74, 6) is -0.0390. The van der Waals surface area contributed by atoms with E-state index in [0.29, 0.717) is 17.1 Å². The number of nitrogens with one attached hydrogen (secondary N) is 2. The zero-order valence-corrected chi connectivity index (χ0v) is 14.1. The summed E-state index contributed by atoms with van der Waals surface area (Å²) in [6.07, 6.45) is -0.222. The Kier molecular flexibility index (Phi) is 6.13. The number of nitrogens with zero attached hydrogens (tertiary/aromatic N) is 1. The molecule has 128 valence electrons. The molecule has 0 aliphatic heterocycles. The number of rotatable bonds is 6. The third-order valence-electron chi connectivity index (χ3n) is 3.36. The number of hydrogen-bond donors (Lipinski definition) is 2. The van der Waals surface area contributed by atoms with Crippen molar-refractivity contribution in [3.63, 3.8) is 0 Å². The average molecular weight is 337 g/mol. The van der Waals surface area contributed by atoms with E-state index in [1.54, 1.807) is 30.3 Å². The van der Waals surface area contributed by atoms with Crippen LogP contribution in [-0.2, 0) is 9.59 Å². The number of amides is 2. The number of nitriles is 1. The van der Waals surface area contributed by atoms with Crippen LogP contribution in [-0.4, -0.2) is 18.4 Å². The van der Waals surface area contributed by atoms with E-state index in [2.05, 4.69) is 10.6 Å². The lowest BCUT2D eigenvalue weighted by atomic mass is 10.1. The van der Waals surface area contributed by atoms with Gasteiger partial charge in [0.15, 0.2) is 6.61 Å². The second-order valence-electron chi connectivity index (χ2n) is 5.57. The van der Waals surface area contributed by atoms with Gasteiger partial charge < -0.3 is 15.4 Å². The fourth-order valence-corrected chi connectivity index (χ4v) is 2.25. The van der Waals surface area contributed by atoms with E-state index >= 15 is 0 Å². The average Bonchev–Trinajstić information content (AvgIpc) is 2.54. The van der Waals surface area contributed by atoms with Gasteiger partial charge in [-0.05, 0) is 43.7 Å². The number of benzene rings is 2. The molecule has 0 radical (unpaired) electrons. The summed E-state index contributed by atoms with van der Waals surface area (Å²) >= 11 is 0. The van der Waals surface area contributed by atoms with Crippen LogP contribution in [0.5, 0.6) is 5.75 Å². The minimum atomic E-state index is -0.399. The van der Waals surface area contributed by atoms with E-state index in [-0.39, 0.29) is 18.9 Å². The molecule has 6 nitrogen and oxygen atoms in total. The molecule has 0 saturated carbocycles. The van der Waals surface area contributed by atoms with Gasteiger partial charge in [-0.15, -0.1) is 0 Å². The molecule has 0 bridgehead atoms. The van der Waals surface area contributed by atoms with Crippen LogP contribution in [0.15, 0.2) is 42.5 Å². The van der Waals surface area contributed by atoms with E-state index in [9.17, 15) is 9.59 Å². The molecule has 0 spiro atoms. The number of carbonyl (C=O) groups is 2. The second kappa shape index (κ2) is 8.50. The van der Waals surface area contributed by atoms with Gasteiger partial charge in [-0.2, -0.15) is 5.26 Å². The van der Waals surface area contributed by atoms with Crippen molar-refractivity contribution >= 4 is 23.2 Å². The Morgan fingerprint density at radius 2 is 1.72 bits per heavy atom. The van der Waals surface area contributed by atoms with Crippen molar-refractivity contribution in [2.24, 2.45) is 0 Å². The minimum Gasteiger partial charge on any atom is -0.483 e. The normalized spacial score (nSPS) is 9.80. The number of aryl methyl sites for hydroxylation is 2. The van der Waals surface area contributed by atoms with Crippen LogP contribution in [0.3, 0.4) is 0 Å². The molecule has 2 aromatic rings. The summed E-state index contributed by atoms with van der Waals surface area (Å²) in [5, 5.41) is 13.8. The van der Waals surface area contributed by atoms with Crippen LogP contribution >= 0.6 is 0 Å². The van der Waals surface area contributed by atoms with Crippen molar-refractivity contribution in [1.29, 1.82) is 5.26 Å². The molecule has 0 aliphatic carbocycles. The fraction of sp³-hybridized carbons (Fsp3) is 0.211. The van der Waals surface area contributed by atoms with Crippen molar-refractivity contribution in [2.75, 3.05) is 17.2 Å². The zero-order valence-electron chi connectivity index (χ0n) is 14.1. The molecular formula is C19H19N3O3. The lowest BCUT2D eigenvalue weighted by Gasteiger charge is -2.11. The highest BCUT2D eigenvalue weighted by Crippen LogP contribution is 2.19. The van der Waals surface area contributed by atoms with Gasteiger partial charge in [0.05, 0.1) is 6.07 Å². The Morgan fingerprint density at radius 1 is 1.04 bits per heavy atom. The van der Waals surface area contributed by atoms with E-state index in [4.69, 9.17) is 10.00 Å². The van der Waals surface area contributed by atoms with Gasteiger partial charge in [0.2, 0.25) is 5.91 Å². The standard InChI is InChI=1S/C19H19N3O3/c1-13-6-7-17(14(2)10-13)25-12-19(24)22-16-5-3-4-15(11-16)21-18(23)8-9-20/h3-7,10-11H,8,12H2,1-2H3,(H,21,23)(H,22,24). The van der Waals surface area contributed by atoms with Crippen molar-refractivity contribution < 1.29 is 14.3 Å². The van der Waals surface area contributed by atoms with Crippen LogP contribution in [0.4, 0.5) is 11.4 Å². The molecule has 2 amide bonds. The molecule has 2 N–H and O–H groups in total. The van der Waals surface area contributed by atoms with E-state index in [1.165, 1.54) is 0 Å². The maximum atomic E-state index is 12.0. The maximum absolute atomic E-state index is 12.0. The molecule has 0 heterocycles. The predicted octanol–water partition coefficient (Wildman–Crippen LogP) is 3.17. The highest BCUT2D eigenvalue weighted by molar-refractivity contribution is 5.95. The zero-order chi connectivity index (χ0) is 18.2. The maximum Gasteiger partial charge on any atom is 0.262 e. The first-order chi connectivity index (χ1) is 12.0. The lowest BCUT2D eigenvalue weighted by molar-refractivity contribution is -0.118. The lowest BCUT2D eigenvalue weighted by Crippen LogP contribution is -2.20. The summed E-state index contributed by atoms with van der Waals surface area (Å²) in [7, 11) is 0. The van der Waals surface area contributed by atoms with Gasteiger partial charge in [0, 0.05) is 11.4 Å². The van der Waals surface area contributed by atoms with Crippen molar-refractivity contribution in [3.8, 4) is 11.8 Å². The fourth-order valence-electron chi connectivity index (χ4n) is 2.25. The van der Waals surface area contributed by atoms with Gasteiger partial charge in [-0.3, -0.25) is 9.59 Å². The van der Waals surface area contributed by atoms with Gasteiger partial charge in [-0.25, -0.2) is 0 Å². The van der Waals surface area contributed by atoms with Crippen molar-refractivity contribution in [3.05, 3.63) is 53.6 Å². The van der Waals surface area contributed by atoms with Crippen LogP contribution in [0.2, 0.25) is 0 Å². The van der Waals surface area contributed by atoms with Crippen LogP contribution < -0.4 is 15.4 Å². The van der Waals surface area contributed by atoms with Gasteiger partial charge in [0.25, 0.3) is 5.91 Å². The van der Waals surface area contributed by atoms with Gasteiger partial charge in [-0.1, -0.05) is 23.8 Å². The first-order valence-electron chi connectivity index (χ1n) is 7.74. The quantitative estimate of drug-likeness (QED) is 0.847. The Bertz CT molecular complexity index is 825. The monoisotopic (exact) mass is 337 g/mol. The Labute approximate surface area is 146 Å². The molecule has 0 saturated heterocycles. The second-order valence-corrected chi connectivity index (χ2v) is 5.57. The number of anilines is 2. The molecule has 0 aliphatic rings. The Balaban J connectivity index is 1.92. The largest absolute Gasteiger partial charge is 0.483 e. The smallest absolute Gasteiger partial charge is 0.262 e. The molecule has 0 fully saturated rings. The van der Waals surface area contributed by atoms with Gasteiger partial charge >= 0.3 is 0 Å². The molecule has 6 heteroatoms. The summed E-state index contributed by atoms with van der Waals surface area (Å²) in [4.78, 5) is 23.5. The molecule has 0 aromatic heterocycles. The Hall–Kier alpha value is -3.33. The van der Waals surface area contributed by atoms with Gasteiger partial charge in [0.1, 0.15) is 12.2 Å². The predicted molar refractivity (Wildman–Crippen MR) is 95.3 cm³/mol. The minimum absolute atomic E-state index is 0.116. The highest BCUT2D eigenvalue weighted by Gasteiger charge is 2.07. The van der Waals surface area contributed by atoms with E-state index in [0.717, 1.165) is 11.1 Å². The summed E-state index contributed by atoms with van der Waals surface area (Å²) in [6, 6.07) is 14.2. The van der Waals surface area contributed by atoms with Crippen LogP contribution in [0.1, 0.15) is 17.5 Å². The first kappa shape index (κ1) is 18.0. The number of ether oxygens (including phenoxy) is 1.